The average Bonchev–Trinajstić information content (AvgIpc) is 3.12. The van der Waals surface area contributed by atoms with Crippen LogP contribution in [0.5, 0.6) is 0 Å². The number of pyridine rings is 1. The van der Waals surface area contributed by atoms with E-state index in [1.807, 2.05) is 25.1 Å². The van der Waals surface area contributed by atoms with Crippen molar-refractivity contribution >= 4 is 22.7 Å². The van der Waals surface area contributed by atoms with Gasteiger partial charge < -0.3 is 8.98 Å². The maximum atomic E-state index is 12.8. The van der Waals surface area contributed by atoms with Gasteiger partial charge >= 0.3 is 5.76 Å². The Balaban J connectivity index is 1.99. The van der Waals surface area contributed by atoms with Crippen molar-refractivity contribution < 1.29 is 4.42 Å². The van der Waals surface area contributed by atoms with Crippen molar-refractivity contribution in [2.75, 3.05) is 0 Å². The first-order valence-corrected chi connectivity index (χ1v) is 7.95. The minimum atomic E-state index is -0.585. The minimum absolute atomic E-state index is 0.231. The average molecular weight is 331 g/mol. The van der Waals surface area contributed by atoms with Crippen LogP contribution in [0.4, 0.5) is 0 Å². The van der Waals surface area contributed by atoms with Gasteiger partial charge in [-0.25, -0.2) is 4.79 Å². The normalized spacial score (nSPS) is 13.7. The van der Waals surface area contributed by atoms with Gasteiger partial charge in [0.25, 0.3) is 5.56 Å². The fourth-order valence-electron chi connectivity index (χ4n) is 3.41. The molecule has 1 aliphatic rings. The lowest BCUT2D eigenvalue weighted by Crippen LogP contribution is -2.25. The Morgan fingerprint density at radius 2 is 2.13 bits per heavy atom. The van der Waals surface area contributed by atoms with E-state index in [-0.39, 0.29) is 11.1 Å². The SMILES string of the molecule is Cc1cccc(Cl)c1Cn1c2c(c3oc(=O)[nH]c3c1=O)CCC2. The predicted octanol–water partition coefficient (Wildman–Crippen LogP) is 2.78. The van der Waals surface area contributed by atoms with Crippen LogP contribution in [-0.2, 0) is 19.4 Å². The summed E-state index contributed by atoms with van der Waals surface area (Å²) in [6.07, 6.45) is 2.57. The van der Waals surface area contributed by atoms with Gasteiger partial charge in [0.1, 0.15) is 0 Å². The Labute approximate surface area is 136 Å². The van der Waals surface area contributed by atoms with E-state index in [9.17, 15) is 9.59 Å². The minimum Gasteiger partial charge on any atom is -0.407 e. The molecule has 3 aromatic rings. The molecule has 0 aliphatic heterocycles. The second-order valence-corrected chi connectivity index (χ2v) is 6.33. The zero-order chi connectivity index (χ0) is 16.1. The van der Waals surface area contributed by atoms with Crippen LogP contribution in [-0.4, -0.2) is 9.55 Å². The van der Waals surface area contributed by atoms with E-state index < -0.39 is 5.76 Å². The lowest BCUT2D eigenvalue weighted by Gasteiger charge is -2.15. The largest absolute Gasteiger partial charge is 0.417 e. The third-order valence-corrected chi connectivity index (χ3v) is 4.92. The number of benzene rings is 1. The number of oxazole rings is 1. The summed E-state index contributed by atoms with van der Waals surface area (Å²) in [5.74, 6) is -0.585. The molecule has 1 aliphatic carbocycles. The number of aryl methyl sites for hydroxylation is 2. The van der Waals surface area contributed by atoms with Crippen molar-refractivity contribution in [3.05, 3.63) is 66.5 Å². The molecule has 6 heteroatoms. The van der Waals surface area contributed by atoms with Crippen LogP contribution >= 0.6 is 11.6 Å². The molecule has 0 fully saturated rings. The summed E-state index contributed by atoms with van der Waals surface area (Å²) in [5, 5.41) is 0.643. The topological polar surface area (TPSA) is 68.0 Å². The summed E-state index contributed by atoms with van der Waals surface area (Å²) in [7, 11) is 0. The van der Waals surface area contributed by atoms with Crippen molar-refractivity contribution in [3.63, 3.8) is 0 Å². The van der Waals surface area contributed by atoms with E-state index >= 15 is 0 Å². The molecule has 0 bridgehead atoms. The highest BCUT2D eigenvalue weighted by Gasteiger charge is 2.24. The molecule has 0 atom stereocenters. The van der Waals surface area contributed by atoms with Gasteiger partial charge in [-0.05, 0) is 43.4 Å². The predicted molar refractivity (Wildman–Crippen MR) is 88.4 cm³/mol. The van der Waals surface area contributed by atoms with Gasteiger partial charge in [-0.3, -0.25) is 9.78 Å². The van der Waals surface area contributed by atoms with Gasteiger partial charge in [-0.2, -0.15) is 0 Å². The standard InChI is InChI=1S/C17H15ClN2O3/c1-9-4-2-6-12(18)11(9)8-20-13-7-3-5-10(13)15-14(16(20)21)19-17(22)23-15/h2,4,6H,3,5,7-8H2,1H3,(H,19,22). The number of nitrogens with zero attached hydrogens (tertiary/aromatic N) is 1. The number of rotatable bonds is 2. The Kier molecular flexibility index (Phi) is 3.20. The van der Waals surface area contributed by atoms with Gasteiger partial charge in [0.2, 0.25) is 0 Å². The Bertz CT molecular complexity index is 1020. The summed E-state index contributed by atoms with van der Waals surface area (Å²) in [6, 6.07) is 5.70. The van der Waals surface area contributed by atoms with Crippen LogP contribution in [0.2, 0.25) is 5.02 Å². The van der Waals surface area contributed by atoms with Crippen molar-refractivity contribution in [3.8, 4) is 0 Å². The second-order valence-electron chi connectivity index (χ2n) is 5.92. The number of H-pyrrole nitrogens is 1. The monoisotopic (exact) mass is 330 g/mol. The summed E-state index contributed by atoms with van der Waals surface area (Å²) in [6.45, 7) is 2.38. The van der Waals surface area contributed by atoms with E-state index in [1.54, 1.807) is 4.57 Å². The van der Waals surface area contributed by atoms with Gasteiger partial charge in [0.05, 0.1) is 6.54 Å². The molecular formula is C17H15ClN2O3. The summed E-state index contributed by atoms with van der Waals surface area (Å²) < 4.78 is 6.92. The first kappa shape index (κ1) is 14.3. The van der Waals surface area contributed by atoms with Crippen LogP contribution in [0.1, 0.15) is 28.8 Å². The molecule has 0 radical (unpaired) electrons. The number of nitrogens with one attached hydrogen (secondary N) is 1. The zero-order valence-corrected chi connectivity index (χ0v) is 13.4. The summed E-state index contributed by atoms with van der Waals surface area (Å²) >= 11 is 6.31. The number of halogens is 1. The third-order valence-electron chi connectivity index (χ3n) is 4.57. The molecule has 2 aromatic heterocycles. The molecule has 5 nitrogen and oxygen atoms in total. The quantitative estimate of drug-likeness (QED) is 0.785. The van der Waals surface area contributed by atoms with Crippen molar-refractivity contribution in [1.29, 1.82) is 0 Å². The van der Waals surface area contributed by atoms with E-state index in [4.69, 9.17) is 16.0 Å². The Morgan fingerprint density at radius 3 is 2.91 bits per heavy atom. The van der Waals surface area contributed by atoms with Crippen molar-refractivity contribution in [2.24, 2.45) is 0 Å². The van der Waals surface area contributed by atoms with Gasteiger partial charge in [-0.1, -0.05) is 23.7 Å². The summed E-state index contributed by atoms with van der Waals surface area (Å²) in [5.41, 5.74) is 4.31. The van der Waals surface area contributed by atoms with Gasteiger partial charge in [0.15, 0.2) is 11.1 Å². The second kappa shape index (κ2) is 5.13. The van der Waals surface area contributed by atoms with Crippen LogP contribution in [0.25, 0.3) is 11.1 Å². The number of hydrogen-bond donors (Lipinski definition) is 1. The fourth-order valence-corrected chi connectivity index (χ4v) is 3.69. The van der Waals surface area contributed by atoms with E-state index in [0.717, 1.165) is 41.6 Å². The lowest BCUT2D eigenvalue weighted by atomic mass is 10.1. The molecule has 0 unspecified atom stereocenters. The molecule has 1 aromatic carbocycles. The molecule has 2 heterocycles. The number of hydrogen-bond acceptors (Lipinski definition) is 3. The van der Waals surface area contributed by atoms with Crippen LogP contribution in [0.3, 0.4) is 0 Å². The smallest absolute Gasteiger partial charge is 0.407 e. The Morgan fingerprint density at radius 1 is 1.30 bits per heavy atom. The Hall–Kier alpha value is -2.27. The van der Waals surface area contributed by atoms with Crippen LogP contribution < -0.4 is 11.3 Å². The molecule has 0 saturated heterocycles. The first-order chi connectivity index (χ1) is 11.1. The highest BCUT2D eigenvalue weighted by atomic mass is 35.5. The van der Waals surface area contributed by atoms with Crippen molar-refractivity contribution in [1.82, 2.24) is 9.55 Å². The molecule has 1 N–H and O–H groups in total. The van der Waals surface area contributed by atoms with E-state index in [1.165, 1.54) is 0 Å². The van der Waals surface area contributed by atoms with E-state index in [2.05, 4.69) is 4.98 Å². The first-order valence-electron chi connectivity index (χ1n) is 7.57. The van der Waals surface area contributed by atoms with Crippen molar-refractivity contribution in [2.45, 2.75) is 32.7 Å². The number of aromatic nitrogens is 2. The zero-order valence-electron chi connectivity index (χ0n) is 12.6. The molecule has 23 heavy (non-hydrogen) atoms. The van der Waals surface area contributed by atoms with Crippen LogP contribution in [0.15, 0.2) is 32.2 Å². The maximum absolute atomic E-state index is 12.8. The number of aromatic amines is 1. The highest BCUT2D eigenvalue weighted by molar-refractivity contribution is 6.31. The van der Waals surface area contributed by atoms with Gasteiger partial charge in [-0.15, -0.1) is 0 Å². The molecule has 0 amide bonds. The molecule has 0 spiro atoms. The molecule has 118 valence electrons. The lowest BCUT2D eigenvalue weighted by molar-refractivity contribution is 0.551. The highest BCUT2D eigenvalue weighted by Crippen LogP contribution is 2.28. The number of fused-ring (bicyclic) bond motifs is 3. The molecular weight excluding hydrogens is 316 g/mol. The summed E-state index contributed by atoms with van der Waals surface area (Å²) in [4.78, 5) is 26.9. The van der Waals surface area contributed by atoms with E-state index in [0.29, 0.717) is 17.2 Å². The van der Waals surface area contributed by atoms with Gasteiger partial charge in [0, 0.05) is 16.3 Å². The molecule has 0 saturated carbocycles. The maximum Gasteiger partial charge on any atom is 0.417 e. The third kappa shape index (κ3) is 2.15. The fraction of sp³-hybridized carbons (Fsp3) is 0.294. The van der Waals surface area contributed by atoms with Crippen LogP contribution in [0, 0.1) is 6.92 Å². The molecule has 4 rings (SSSR count).